The molecule has 0 aliphatic rings. The second-order valence-electron chi connectivity index (χ2n) is 3.85. The summed E-state index contributed by atoms with van der Waals surface area (Å²) >= 11 is 1.71. The summed E-state index contributed by atoms with van der Waals surface area (Å²) in [5.74, 6) is 0. The molecule has 1 aromatic heterocycles. The normalized spacial score (nSPS) is 15.2. The van der Waals surface area contributed by atoms with Gasteiger partial charge in [0, 0.05) is 23.7 Å². The van der Waals surface area contributed by atoms with Crippen LogP contribution in [0.1, 0.15) is 42.6 Å². The smallest absolute Gasteiger partial charge is 0.0897 e. The molecule has 15 heavy (non-hydrogen) atoms. The molecule has 2 N–H and O–H groups in total. The lowest BCUT2D eigenvalue weighted by atomic mass is 10.2. The van der Waals surface area contributed by atoms with E-state index in [1.165, 1.54) is 4.88 Å². The van der Waals surface area contributed by atoms with Gasteiger partial charge in [-0.2, -0.15) is 0 Å². The summed E-state index contributed by atoms with van der Waals surface area (Å²) in [4.78, 5) is 5.45. The van der Waals surface area contributed by atoms with Gasteiger partial charge >= 0.3 is 0 Å². The third kappa shape index (κ3) is 4.28. The fourth-order valence-corrected chi connectivity index (χ4v) is 2.24. The number of aryl methyl sites for hydroxylation is 1. The van der Waals surface area contributed by atoms with Crippen LogP contribution in [-0.4, -0.2) is 22.7 Å². The Morgan fingerprint density at radius 1 is 1.60 bits per heavy atom. The summed E-state index contributed by atoms with van der Waals surface area (Å²) in [5.41, 5.74) is 0. The molecule has 4 heteroatoms. The molecule has 0 fully saturated rings. The van der Waals surface area contributed by atoms with E-state index in [-0.39, 0.29) is 12.1 Å². The van der Waals surface area contributed by atoms with Gasteiger partial charge in [-0.25, -0.2) is 4.98 Å². The second kappa shape index (κ2) is 6.20. The van der Waals surface area contributed by atoms with Crippen LogP contribution in [0.2, 0.25) is 0 Å². The molecule has 0 amide bonds. The van der Waals surface area contributed by atoms with Crippen LogP contribution >= 0.6 is 11.3 Å². The second-order valence-corrected chi connectivity index (χ2v) is 5.12. The molecular weight excluding hydrogens is 208 g/mol. The van der Waals surface area contributed by atoms with Gasteiger partial charge in [0.2, 0.25) is 0 Å². The predicted molar refractivity (Wildman–Crippen MR) is 64.2 cm³/mol. The zero-order valence-corrected chi connectivity index (χ0v) is 10.5. The summed E-state index contributed by atoms with van der Waals surface area (Å²) in [5, 5.41) is 14.0. The average molecular weight is 228 g/mol. The molecule has 0 aromatic carbocycles. The largest absolute Gasteiger partial charge is 0.392 e. The van der Waals surface area contributed by atoms with Gasteiger partial charge in [0.15, 0.2) is 0 Å². The number of nitrogens with zero attached hydrogens (tertiary/aromatic N) is 1. The molecule has 0 radical (unpaired) electrons. The summed E-state index contributed by atoms with van der Waals surface area (Å²) in [6, 6.07) is 0.280. The first kappa shape index (κ1) is 12.6. The van der Waals surface area contributed by atoms with Gasteiger partial charge in [-0.05, 0) is 20.3 Å². The molecule has 2 unspecified atom stereocenters. The van der Waals surface area contributed by atoms with Crippen LogP contribution in [0, 0.1) is 6.92 Å². The summed E-state index contributed by atoms with van der Waals surface area (Å²) in [6.07, 6.45) is 3.56. The van der Waals surface area contributed by atoms with Crippen LogP contribution in [0.15, 0.2) is 6.20 Å². The molecule has 0 spiro atoms. The molecule has 1 aromatic rings. The lowest BCUT2D eigenvalue weighted by Gasteiger charge is -2.15. The van der Waals surface area contributed by atoms with Gasteiger partial charge in [0.1, 0.15) is 0 Å². The minimum absolute atomic E-state index is 0.230. The molecule has 0 bridgehead atoms. The van der Waals surface area contributed by atoms with Crippen molar-refractivity contribution >= 4 is 11.3 Å². The van der Waals surface area contributed by atoms with Crippen molar-refractivity contribution < 1.29 is 5.11 Å². The fourth-order valence-electron chi connectivity index (χ4n) is 1.43. The Hall–Kier alpha value is -0.450. The third-order valence-electron chi connectivity index (χ3n) is 2.35. The van der Waals surface area contributed by atoms with Gasteiger partial charge in [0.25, 0.3) is 0 Å². The van der Waals surface area contributed by atoms with Gasteiger partial charge in [-0.1, -0.05) is 13.3 Å². The highest BCUT2D eigenvalue weighted by Crippen LogP contribution is 2.19. The quantitative estimate of drug-likeness (QED) is 0.785. The van der Waals surface area contributed by atoms with E-state index in [4.69, 9.17) is 0 Å². The van der Waals surface area contributed by atoms with Crippen molar-refractivity contribution in [1.29, 1.82) is 0 Å². The number of hydrogen-bond donors (Lipinski definition) is 2. The van der Waals surface area contributed by atoms with E-state index in [0.717, 1.165) is 17.8 Å². The maximum absolute atomic E-state index is 9.58. The van der Waals surface area contributed by atoms with Crippen LogP contribution in [0.5, 0.6) is 0 Å². The number of aliphatic hydroxyl groups is 1. The summed E-state index contributed by atoms with van der Waals surface area (Å²) < 4.78 is 0. The molecule has 1 rings (SSSR count). The van der Waals surface area contributed by atoms with E-state index in [9.17, 15) is 5.11 Å². The highest BCUT2D eigenvalue weighted by molar-refractivity contribution is 7.11. The molecule has 0 aliphatic heterocycles. The van der Waals surface area contributed by atoms with Crippen molar-refractivity contribution in [2.45, 2.75) is 45.8 Å². The average Bonchev–Trinajstić information content (AvgIpc) is 2.62. The predicted octanol–water partition coefficient (Wildman–Crippen LogP) is 2.26. The maximum Gasteiger partial charge on any atom is 0.0897 e. The van der Waals surface area contributed by atoms with Crippen LogP contribution in [-0.2, 0) is 0 Å². The standard InChI is InChI=1S/C11H20N2OS/c1-4-5-10(14)6-12-8(2)11-7-13-9(3)15-11/h7-8,10,12,14H,4-6H2,1-3H3. The van der Waals surface area contributed by atoms with Crippen molar-refractivity contribution in [3.63, 3.8) is 0 Å². The molecule has 0 saturated heterocycles. The van der Waals surface area contributed by atoms with Crippen LogP contribution in [0.3, 0.4) is 0 Å². The number of nitrogens with one attached hydrogen (secondary N) is 1. The van der Waals surface area contributed by atoms with Crippen LogP contribution in [0.4, 0.5) is 0 Å². The van der Waals surface area contributed by atoms with Crippen LogP contribution < -0.4 is 5.32 Å². The number of rotatable bonds is 6. The summed E-state index contributed by atoms with van der Waals surface area (Å²) in [6.45, 7) is 6.85. The molecule has 1 heterocycles. The van der Waals surface area contributed by atoms with E-state index in [1.54, 1.807) is 11.3 Å². The Morgan fingerprint density at radius 3 is 2.87 bits per heavy atom. The van der Waals surface area contributed by atoms with E-state index in [0.29, 0.717) is 6.54 Å². The number of thiazole rings is 1. The van der Waals surface area contributed by atoms with Gasteiger partial charge in [-0.3, -0.25) is 0 Å². The molecular formula is C11H20N2OS. The van der Waals surface area contributed by atoms with Gasteiger partial charge in [0.05, 0.1) is 11.1 Å². The number of aromatic nitrogens is 1. The fraction of sp³-hybridized carbons (Fsp3) is 0.727. The monoisotopic (exact) mass is 228 g/mol. The first-order valence-electron chi connectivity index (χ1n) is 5.47. The minimum atomic E-state index is -0.230. The molecule has 0 aliphatic carbocycles. The topological polar surface area (TPSA) is 45.1 Å². The van der Waals surface area contributed by atoms with Crippen molar-refractivity contribution in [2.75, 3.05) is 6.54 Å². The zero-order valence-electron chi connectivity index (χ0n) is 9.66. The SMILES string of the molecule is CCCC(O)CNC(C)c1cnc(C)s1. The van der Waals surface area contributed by atoms with Crippen molar-refractivity contribution in [2.24, 2.45) is 0 Å². The van der Waals surface area contributed by atoms with Crippen molar-refractivity contribution in [1.82, 2.24) is 10.3 Å². The van der Waals surface area contributed by atoms with Crippen molar-refractivity contribution in [3.05, 3.63) is 16.1 Å². The first-order valence-corrected chi connectivity index (χ1v) is 6.29. The van der Waals surface area contributed by atoms with Crippen LogP contribution in [0.25, 0.3) is 0 Å². The summed E-state index contributed by atoms with van der Waals surface area (Å²) in [7, 11) is 0. The van der Waals surface area contributed by atoms with E-state index < -0.39 is 0 Å². The van der Waals surface area contributed by atoms with Gasteiger partial charge in [-0.15, -0.1) is 11.3 Å². The highest BCUT2D eigenvalue weighted by Gasteiger charge is 2.10. The third-order valence-corrected chi connectivity index (χ3v) is 3.44. The lowest BCUT2D eigenvalue weighted by Crippen LogP contribution is -2.28. The molecule has 86 valence electrons. The Balaban J connectivity index is 2.33. The Labute approximate surface area is 95.6 Å². The van der Waals surface area contributed by atoms with E-state index in [2.05, 4.69) is 24.1 Å². The number of aliphatic hydroxyl groups excluding tert-OH is 1. The first-order chi connectivity index (χ1) is 7.13. The molecule has 2 atom stereocenters. The number of hydrogen-bond acceptors (Lipinski definition) is 4. The van der Waals surface area contributed by atoms with Crippen molar-refractivity contribution in [3.8, 4) is 0 Å². The highest BCUT2D eigenvalue weighted by atomic mass is 32.1. The Kier molecular flexibility index (Phi) is 5.22. The zero-order chi connectivity index (χ0) is 11.3. The maximum atomic E-state index is 9.58. The Bertz CT molecular complexity index is 288. The molecule has 0 saturated carbocycles. The lowest BCUT2D eigenvalue weighted by molar-refractivity contribution is 0.157. The van der Waals surface area contributed by atoms with Gasteiger partial charge < -0.3 is 10.4 Å². The Morgan fingerprint density at radius 2 is 2.33 bits per heavy atom. The van der Waals surface area contributed by atoms with E-state index in [1.807, 2.05) is 13.1 Å². The minimum Gasteiger partial charge on any atom is -0.392 e. The van der Waals surface area contributed by atoms with E-state index >= 15 is 0 Å². The molecule has 3 nitrogen and oxygen atoms in total.